The molecular weight excluding hydrogens is 448 g/mol. The monoisotopic (exact) mass is 474 g/mol. The molecule has 2 aromatic carbocycles. The Morgan fingerprint density at radius 2 is 1.87 bits per heavy atom. The minimum atomic E-state index is -0.126. The van der Waals surface area contributed by atoms with E-state index in [4.69, 9.17) is 9.47 Å². The molecule has 1 saturated carbocycles. The van der Waals surface area contributed by atoms with Crippen LogP contribution < -0.4 is 14.8 Å². The van der Waals surface area contributed by atoms with Crippen LogP contribution in [0.3, 0.4) is 0 Å². The van der Waals surface area contributed by atoms with Crippen molar-refractivity contribution in [2.75, 3.05) is 20.8 Å². The molecule has 1 aliphatic rings. The summed E-state index contributed by atoms with van der Waals surface area (Å²) in [6.07, 6.45) is 2.88. The van der Waals surface area contributed by atoms with Crippen LogP contribution in [0.1, 0.15) is 52.5 Å². The van der Waals surface area contributed by atoms with Gasteiger partial charge in [-0.05, 0) is 65.0 Å². The minimum Gasteiger partial charge on any atom is -0.493 e. The van der Waals surface area contributed by atoms with Gasteiger partial charge in [0, 0.05) is 30.8 Å². The Hall–Kier alpha value is -2.54. The third-order valence-electron chi connectivity index (χ3n) is 4.97. The standard InChI is InChI=1S/C23H27BrN2O4/c1-4-11-30-21-19(24)12-17(13-20(21)29-3)23(28)26(18-9-10-18)14-15-5-7-16(8-6-15)22(27)25-2/h5-8,12-13,18H,4,9-11,14H2,1-3H3,(H,25,27). The number of ether oxygens (including phenoxy) is 2. The van der Waals surface area contributed by atoms with Gasteiger partial charge in [-0.2, -0.15) is 0 Å². The zero-order valence-corrected chi connectivity index (χ0v) is 19.1. The fraction of sp³-hybridized carbons (Fsp3) is 0.391. The van der Waals surface area contributed by atoms with E-state index in [1.165, 1.54) is 0 Å². The molecule has 7 heteroatoms. The fourth-order valence-electron chi connectivity index (χ4n) is 3.21. The smallest absolute Gasteiger partial charge is 0.254 e. The quantitative estimate of drug-likeness (QED) is 0.584. The molecule has 3 rings (SSSR count). The molecule has 160 valence electrons. The topological polar surface area (TPSA) is 67.9 Å². The van der Waals surface area contributed by atoms with Gasteiger partial charge in [-0.15, -0.1) is 0 Å². The molecule has 0 saturated heterocycles. The van der Waals surface area contributed by atoms with Crippen molar-refractivity contribution in [1.82, 2.24) is 10.2 Å². The molecule has 0 bridgehead atoms. The van der Waals surface area contributed by atoms with Crippen LogP contribution in [0.4, 0.5) is 0 Å². The van der Waals surface area contributed by atoms with E-state index in [-0.39, 0.29) is 17.9 Å². The lowest BCUT2D eigenvalue weighted by Crippen LogP contribution is -2.32. The largest absolute Gasteiger partial charge is 0.493 e. The number of nitrogens with one attached hydrogen (secondary N) is 1. The van der Waals surface area contributed by atoms with Gasteiger partial charge in [0.25, 0.3) is 11.8 Å². The van der Waals surface area contributed by atoms with Crippen molar-refractivity contribution in [2.45, 2.75) is 38.8 Å². The van der Waals surface area contributed by atoms with E-state index >= 15 is 0 Å². The first-order chi connectivity index (χ1) is 14.5. The van der Waals surface area contributed by atoms with Crippen LogP contribution >= 0.6 is 15.9 Å². The Kier molecular flexibility index (Phi) is 7.37. The lowest BCUT2D eigenvalue weighted by Gasteiger charge is -2.24. The van der Waals surface area contributed by atoms with E-state index in [0.717, 1.165) is 24.8 Å². The second-order valence-corrected chi connectivity index (χ2v) is 8.13. The Labute approximate surface area is 185 Å². The molecule has 1 aliphatic carbocycles. The van der Waals surface area contributed by atoms with Crippen LogP contribution in [0.15, 0.2) is 40.9 Å². The van der Waals surface area contributed by atoms with Gasteiger partial charge in [-0.25, -0.2) is 0 Å². The van der Waals surface area contributed by atoms with Crippen molar-refractivity contribution in [3.8, 4) is 11.5 Å². The molecule has 1 fully saturated rings. The highest BCUT2D eigenvalue weighted by atomic mass is 79.9. The van der Waals surface area contributed by atoms with E-state index in [1.54, 1.807) is 38.4 Å². The molecular formula is C23H27BrN2O4. The van der Waals surface area contributed by atoms with E-state index in [9.17, 15) is 9.59 Å². The predicted molar refractivity (Wildman–Crippen MR) is 119 cm³/mol. The molecule has 1 N–H and O–H groups in total. The van der Waals surface area contributed by atoms with Crippen LogP contribution in [0.5, 0.6) is 11.5 Å². The molecule has 0 unspecified atom stereocenters. The summed E-state index contributed by atoms with van der Waals surface area (Å²) in [7, 11) is 3.18. The molecule has 2 aromatic rings. The minimum absolute atomic E-state index is 0.0473. The van der Waals surface area contributed by atoms with Crippen molar-refractivity contribution >= 4 is 27.7 Å². The molecule has 0 spiro atoms. The SMILES string of the molecule is CCCOc1c(Br)cc(C(=O)N(Cc2ccc(C(=O)NC)cc2)C2CC2)cc1OC. The third-order valence-corrected chi connectivity index (χ3v) is 5.56. The lowest BCUT2D eigenvalue weighted by atomic mass is 10.1. The van der Waals surface area contributed by atoms with Crippen LogP contribution in [0, 0.1) is 0 Å². The number of halogens is 1. The number of benzene rings is 2. The summed E-state index contributed by atoms with van der Waals surface area (Å²) in [6.45, 7) is 3.10. The van der Waals surface area contributed by atoms with E-state index in [0.29, 0.717) is 40.3 Å². The molecule has 6 nitrogen and oxygen atoms in total. The normalized spacial score (nSPS) is 12.9. The van der Waals surface area contributed by atoms with Gasteiger partial charge in [0.15, 0.2) is 11.5 Å². The Balaban J connectivity index is 1.82. The first-order valence-electron chi connectivity index (χ1n) is 10.1. The first-order valence-corrected chi connectivity index (χ1v) is 10.9. The summed E-state index contributed by atoms with van der Waals surface area (Å²) in [5, 5.41) is 2.61. The predicted octanol–water partition coefficient (Wildman–Crippen LogP) is 4.41. The van der Waals surface area contributed by atoms with Crippen LogP contribution in [-0.2, 0) is 6.54 Å². The maximum Gasteiger partial charge on any atom is 0.254 e. The van der Waals surface area contributed by atoms with Crippen molar-refractivity contribution in [3.63, 3.8) is 0 Å². The fourth-order valence-corrected chi connectivity index (χ4v) is 3.77. The van der Waals surface area contributed by atoms with Crippen molar-refractivity contribution in [2.24, 2.45) is 0 Å². The van der Waals surface area contributed by atoms with Gasteiger partial charge in [0.2, 0.25) is 0 Å². The number of hydrogen-bond acceptors (Lipinski definition) is 4. The first kappa shape index (κ1) is 22.2. The number of methoxy groups -OCH3 is 1. The van der Waals surface area contributed by atoms with Crippen molar-refractivity contribution < 1.29 is 19.1 Å². The van der Waals surface area contributed by atoms with E-state index in [2.05, 4.69) is 21.2 Å². The average molecular weight is 475 g/mol. The Bertz CT molecular complexity index is 910. The van der Waals surface area contributed by atoms with Gasteiger partial charge in [-0.3, -0.25) is 9.59 Å². The molecule has 0 aromatic heterocycles. The number of hydrogen-bond donors (Lipinski definition) is 1. The molecule has 2 amide bonds. The highest BCUT2D eigenvalue weighted by Crippen LogP contribution is 2.38. The average Bonchev–Trinajstić information content (AvgIpc) is 3.60. The van der Waals surface area contributed by atoms with Crippen molar-refractivity contribution in [1.29, 1.82) is 0 Å². The zero-order chi connectivity index (χ0) is 21.7. The number of amides is 2. The summed E-state index contributed by atoms with van der Waals surface area (Å²) in [5.41, 5.74) is 2.13. The second kappa shape index (κ2) is 9.98. The van der Waals surface area contributed by atoms with Gasteiger partial charge < -0.3 is 19.7 Å². The molecule has 0 heterocycles. The zero-order valence-electron chi connectivity index (χ0n) is 17.5. The van der Waals surface area contributed by atoms with Gasteiger partial charge >= 0.3 is 0 Å². The Morgan fingerprint density at radius 3 is 2.43 bits per heavy atom. The number of carbonyl (C=O) groups excluding carboxylic acids is 2. The van der Waals surface area contributed by atoms with Crippen molar-refractivity contribution in [3.05, 3.63) is 57.6 Å². The third kappa shape index (κ3) is 5.14. The highest BCUT2D eigenvalue weighted by Gasteiger charge is 2.33. The summed E-state index contributed by atoms with van der Waals surface area (Å²) < 4.78 is 11.9. The maximum absolute atomic E-state index is 13.3. The summed E-state index contributed by atoms with van der Waals surface area (Å²) in [4.78, 5) is 27.0. The van der Waals surface area contributed by atoms with Gasteiger partial charge in [0.05, 0.1) is 18.2 Å². The van der Waals surface area contributed by atoms with Crippen LogP contribution in [0.25, 0.3) is 0 Å². The number of rotatable bonds is 9. The highest BCUT2D eigenvalue weighted by molar-refractivity contribution is 9.10. The van der Waals surface area contributed by atoms with Gasteiger partial charge in [-0.1, -0.05) is 19.1 Å². The van der Waals surface area contributed by atoms with E-state index < -0.39 is 0 Å². The summed E-state index contributed by atoms with van der Waals surface area (Å²) in [6, 6.07) is 11.1. The van der Waals surface area contributed by atoms with Crippen LogP contribution in [-0.4, -0.2) is 43.5 Å². The molecule has 30 heavy (non-hydrogen) atoms. The summed E-state index contributed by atoms with van der Waals surface area (Å²) in [5.74, 6) is 0.971. The van der Waals surface area contributed by atoms with Crippen LogP contribution in [0.2, 0.25) is 0 Å². The number of nitrogens with zero attached hydrogens (tertiary/aromatic N) is 1. The van der Waals surface area contributed by atoms with E-state index in [1.807, 2.05) is 24.0 Å². The summed E-state index contributed by atoms with van der Waals surface area (Å²) >= 11 is 3.52. The Morgan fingerprint density at radius 1 is 1.17 bits per heavy atom. The maximum atomic E-state index is 13.3. The second-order valence-electron chi connectivity index (χ2n) is 7.28. The molecule has 0 atom stereocenters. The number of carbonyl (C=O) groups is 2. The molecule has 0 radical (unpaired) electrons. The molecule has 0 aliphatic heterocycles. The lowest BCUT2D eigenvalue weighted by molar-refractivity contribution is 0.0729. The van der Waals surface area contributed by atoms with Gasteiger partial charge in [0.1, 0.15) is 0 Å².